The van der Waals surface area contributed by atoms with Gasteiger partial charge in [0.2, 0.25) is 5.91 Å². The van der Waals surface area contributed by atoms with Crippen molar-refractivity contribution in [3.05, 3.63) is 41.9 Å². The van der Waals surface area contributed by atoms with Crippen molar-refractivity contribution < 1.29 is 27.5 Å². The molecule has 2 amide bonds. The Kier molecular flexibility index (Phi) is 5.97. The number of ether oxygens (including phenoxy) is 1. The first-order chi connectivity index (χ1) is 12.7. The Balaban J connectivity index is 2.35. The van der Waals surface area contributed by atoms with Crippen LogP contribution in [0.15, 0.2) is 30.6 Å². The summed E-state index contributed by atoms with van der Waals surface area (Å²) in [5.74, 6) is 3.21. The summed E-state index contributed by atoms with van der Waals surface area (Å²) in [6.45, 7) is 1.32. The number of amides is 2. The number of halogens is 3. The van der Waals surface area contributed by atoms with Crippen LogP contribution in [0.5, 0.6) is 5.75 Å². The number of pyridine rings is 2. The Morgan fingerprint density at radius 1 is 1.15 bits per heavy atom. The molecule has 0 saturated carbocycles. The number of nitrogens with zero attached hydrogens (tertiary/aromatic N) is 2. The van der Waals surface area contributed by atoms with Gasteiger partial charge in [0.1, 0.15) is 17.3 Å². The van der Waals surface area contributed by atoms with Crippen LogP contribution in [0.25, 0.3) is 0 Å². The molecule has 2 aromatic rings. The maximum absolute atomic E-state index is 12.5. The zero-order valence-electron chi connectivity index (χ0n) is 14.1. The molecule has 2 N–H and O–H groups in total. The van der Waals surface area contributed by atoms with E-state index in [1.165, 1.54) is 44.6 Å². The summed E-state index contributed by atoms with van der Waals surface area (Å²) >= 11 is 0. The van der Waals surface area contributed by atoms with E-state index in [9.17, 15) is 22.8 Å². The summed E-state index contributed by atoms with van der Waals surface area (Å²) < 4.78 is 42.4. The van der Waals surface area contributed by atoms with Gasteiger partial charge < -0.3 is 15.4 Å². The lowest BCUT2D eigenvalue weighted by atomic mass is 10.2. The van der Waals surface area contributed by atoms with Crippen LogP contribution in [0.4, 0.5) is 24.7 Å². The van der Waals surface area contributed by atoms with Crippen molar-refractivity contribution in [3.8, 4) is 17.6 Å². The number of rotatable bonds is 3. The molecular weight excluding hydrogens is 365 g/mol. The van der Waals surface area contributed by atoms with E-state index >= 15 is 0 Å². The summed E-state index contributed by atoms with van der Waals surface area (Å²) in [7, 11) is 1.30. The van der Waals surface area contributed by atoms with Gasteiger partial charge in [-0.25, -0.2) is 9.97 Å². The number of anilines is 2. The monoisotopic (exact) mass is 378 g/mol. The highest BCUT2D eigenvalue weighted by molar-refractivity contribution is 5.96. The fourth-order valence-electron chi connectivity index (χ4n) is 1.83. The predicted octanol–water partition coefficient (Wildman–Crippen LogP) is 2.34. The van der Waals surface area contributed by atoms with Gasteiger partial charge in [-0.3, -0.25) is 9.59 Å². The van der Waals surface area contributed by atoms with Crippen molar-refractivity contribution in [1.82, 2.24) is 9.97 Å². The lowest BCUT2D eigenvalue weighted by molar-refractivity contribution is -0.167. The summed E-state index contributed by atoms with van der Waals surface area (Å²) in [5, 5.41) is 4.20. The highest BCUT2D eigenvalue weighted by Gasteiger charge is 2.39. The van der Waals surface area contributed by atoms with Gasteiger partial charge in [0.05, 0.1) is 19.0 Å². The quantitative estimate of drug-likeness (QED) is 0.800. The molecule has 0 atom stereocenters. The van der Waals surface area contributed by atoms with Gasteiger partial charge >= 0.3 is 12.1 Å². The normalized spacial score (nSPS) is 10.4. The van der Waals surface area contributed by atoms with Crippen molar-refractivity contribution in [2.75, 3.05) is 17.7 Å². The molecule has 0 aromatic carbocycles. The molecule has 0 spiro atoms. The van der Waals surface area contributed by atoms with E-state index in [0.717, 1.165) is 0 Å². The number of carbonyl (C=O) groups is 2. The predicted molar refractivity (Wildman–Crippen MR) is 90.0 cm³/mol. The number of hydrogen-bond acceptors (Lipinski definition) is 5. The molecule has 140 valence electrons. The van der Waals surface area contributed by atoms with E-state index in [0.29, 0.717) is 5.56 Å². The maximum atomic E-state index is 12.5. The smallest absolute Gasteiger partial charge is 0.471 e. The van der Waals surface area contributed by atoms with Crippen LogP contribution < -0.4 is 15.4 Å². The third-order valence-corrected chi connectivity index (χ3v) is 2.99. The van der Waals surface area contributed by atoms with Gasteiger partial charge in [0.25, 0.3) is 0 Å². The Morgan fingerprint density at radius 3 is 2.52 bits per heavy atom. The SMILES string of the molecule is COc1cnc(C#Cc2ccnc(NC(C)=O)c2)c(NC(=O)C(F)(F)F)c1. The number of carbonyl (C=O) groups excluding carboxylic acids is 2. The molecule has 7 nitrogen and oxygen atoms in total. The summed E-state index contributed by atoms with van der Waals surface area (Å²) in [6.07, 6.45) is -2.41. The average Bonchev–Trinajstić information content (AvgIpc) is 2.59. The van der Waals surface area contributed by atoms with E-state index in [-0.39, 0.29) is 28.9 Å². The largest absolute Gasteiger partial charge is 0.495 e. The molecule has 0 aliphatic rings. The number of alkyl halides is 3. The van der Waals surface area contributed by atoms with Crippen LogP contribution >= 0.6 is 0 Å². The molecule has 0 bridgehead atoms. The Bertz CT molecular complexity index is 933. The fraction of sp³-hybridized carbons (Fsp3) is 0.176. The van der Waals surface area contributed by atoms with E-state index in [2.05, 4.69) is 27.1 Å². The fourth-order valence-corrected chi connectivity index (χ4v) is 1.83. The minimum Gasteiger partial charge on any atom is -0.495 e. The van der Waals surface area contributed by atoms with Crippen molar-refractivity contribution in [2.45, 2.75) is 13.1 Å². The van der Waals surface area contributed by atoms with Crippen LogP contribution in [0, 0.1) is 11.8 Å². The van der Waals surface area contributed by atoms with Crippen LogP contribution in [0.1, 0.15) is 18.2 Å². The van der Waals surface area contributed by atoms with Crippen LogP contribution in [-0.4, -0.2) is 35.1 Å². The second-order valence-corrected chi connectivity index (χ2v) is 5.08. The minimum absolute atomic E-state index is 0.0914. The van der Waals surface area contributed by atoms with Gasteiger partial charge in [-0.15, -0.1) is 0 Å². The summed E-state index contributed by atoms with van der Waals surface area (Å²) in [4.78, 5) is 30.1. The standard InChI is InChI=1S/C17H13F3N4O3/c1-10(25)23-15-7-11(5-6-21-15)3-4-13-14(8-12(27-2)9-22-13)24-16(26)17(18,19)20/h5-9H,1-2H3,(H,24,26)(H,21,23,25). The Labute approximate surface area is 152 Å². The molecule has 0 unspecified atom stereocenters. The second kappa shape index (κ2) is 8.18. The highest BCUT2D eigenvalue weighted by Crippen LogP contribution is 2.23. The molecule has 10 heteroatoms. The molecular formula is C17H13F3N4O3. The van der Waals surface area contributed by atoms with Crippen molar-refractivity contribution >= 4 is 23.3 Å². The van der Waals surface area contributed by atoms with E-state index in [1.807, 2.05) is 0 Å². The molecule has 0 fully saturated rings. The third kappa shape index (κ3) is 5.71. The van der Waals surface area contributed by atoms with Crippen molar-refractivity contribution in [3.63, 3.8) is 0 Å². The third-order valence-electron chi connectivity index (χ3n) is 2.99. The Hall–Kier alpha value is -3.61. The zero-order chi connectivity index (χ0) is 20.0. The lowest BCUT2D eigenvalue weighted by Crippen LogP contribution is -2.30. The average molecular weight is 378 g/mol. The van der Waals surface area contributed by atoms with E-state index in [1.54, 1.807) is 5.32 Å². The summed E-state index contributed by atoms with van der Waals surface area (Å²) in [5.41, 5.74) is 0.0890. The second-order valence-electron chi connectivity index (χ2n) is 5.08. The van der Waals surface area contributed by atoms with Crippen LogP contribution in [0.2, 0.25) is 0 Å². The lowest BCUT2D eigenvalue weighted by Gasteiger charge is -2.10. The number of hydrogen-bond donors (Lipinski definition) is 2. The van der Waals surface area contributed by atoms with Gasteiger partial charge in [0, 0.05) is 24.8 Å². The number of methoxy groups -OCH3 is 1. The number of nitrogens with one attached hydrogen (secondary N) is 2. The molecule has 2 heterocycles. The first kappa shape index (κ1) is 19.7. The molecule has 2 rings (SSSR count). The molecule has 0 aliphatic carbocycles. The molecule has 2 aromatic heterocycles. The first-order valence-corrected chi connectivity index (χ1v) is 7.37. The Morgan fingerprint density at radius 2 is 1.89 bits per heavy atom. The van der Waals surface area contributed by atoms with E-state index in [4.69, 9.17) is 4.74 Å². The molecule has 0 aliphatic heterocycles. The highest BCUT2D eigenvalue weighted by atomic mass is 19.4. The molecule has 27 heavy (non-hydrogen) atoms. The maximum Gasteiger partial charge on any atom is 0.471 e. The van der Waals surface area contributed by atoms with Crippen LogP contribution in [-0.2, 0) is 9.59 Å². The van der Waals surface area contributed by atoms with Gasteiger partial charge in [-0.05, 0) is 18.1 Å². The van der Waals surface area contributed by atoms with Crippen molar-refractivity contribution in [1.29, 1.82) is 0 Å². The molecule has 0 radical (unpaired) electrons. The zero-order valence-corrected chi connectivity index (χ0v) is 14.1. The van der Waals surface area contributed by atoms with Crippen molar-refractivity contribution in [2.24, 2.45) is 0 Å². The topological polar surface area (TPSA) is 93.2 Å². The number of aromatic nitrogens is 2. The van der Waals surface area contributed by atoms with E-state index < -0.39 is 12.1 Å². The van der Waals surface area contributed by atoms with Crippen LogP contribution in [0.3, 0.4) is 0 Å². The van der Waals surface area contributed by atoms with Gasteiger partial charge in [-0.2, -0.15) is 13.2 Å². The van der Waals surface area contributed by atoms with Gasteiger partial charge in [0.15, 0.2) is 0 Å². The van der Waals surface area contributed by atoms with Gasteiger partial charge in [-0.1, -0.05) is 5.92 Å². The summed E-state index contributed by atoms with van der Waals surface area (Å²) in [6, 6.07) is 4.19. The first-order valence-electron chi connectivity index (χ1n) is 7.37. The minimum atomic E-state index is -5.06. The molecule has 0 saturated heterocycles.